The van der Waals surface area contributed by atoms with E-state index in [4.69, 9.17) is 10.5 Å². The maximum atomic E-state index is 13.6. The molecule has 2 N–H and O–H groups in total. The van der Waals surface area contributed by atoms with Crippen molar-refractivity contribution in [2.24, 2.45) is 5.73 Å². The van der Waals surface area contributed by atoms with Crippen LogP contribution in [0, 0.1) is 5.82 Å². The van der Waals surface area contributed by atoms with E-state index in [9.17, 15) is 9.18 Å². The van der Waals surface area contributed by atoms with E-state index in [1.165, 1.54) is 29.3 Å². The van der Waals surface area contributed by atoms with E-state index in [2.05, 4.69) is 13.2 Å². The van der Waals surface area contributed by atoms with Gasteiger partial charge in [0.25, 0.3) is 5.91 Å². The van der Waals surface area contributed by atoms with Gasteiger partial charge in [0.05, 0.1) is 35.8 Å². The summed E-state index contributed by atoms with van der Waals surface area (Å²) in [5.41, 5.74) is 7.84. The smallest absolute Gasteiger partial charge is 0.256 e. The average molecular weight is 317 g/mol. The van der Waals surface area contributed by atoms with Crippen LogP contribution in [0.3, 0.4) is 0 Å². The molecular formula is C17H20FN3O2. The van der Waals surface area contributed by atoms with Crippen LogP contribution >= 0.6 is 0 Å². The number of nitrogens with zero attached hydrogens (tertiary/aromatic N) is 2. The van der Waals surface area contributed by atoms with Gasteiger partial charge in [-0.05, 0) is 25.1 Å². The third-order valence-electron chi connectivity index (χ3n) is 3.59. The first-order valence-corrected chi connectivity index (χ1v) is 7.18. The zero-order valence-electron chi connectivity index (χ0n) is 13.3. The molecule has 1 amide bonds. The van der Waals surface area contributed by atoms with Crippen molar-refractivity contribution in [1.29, 1.82) is 0 Å². The van der Waals surface area contributed by atoms with Crippen molar-refractivity contribution in [3.05, 3.63) is 66.1 Å². The summed E-state index contributed by atoms with van der Waals surface area (Å²) in [4.78, 5) is 15.6. The third kappa shape index (κ3) is 3.06. The molecule has 1 aliphatic rings. The molecule has 1 aromatic carbocycles. The van der Waals surface area contributed by atoms with Gasteiger partial charge in [-0.3, -0.25) is 4.79 Å². The fourth-order valence-electron chi connectivity index (χ4n) is 2.45. The van der Waals surface area contributed by atoms with E-state index >= 15 is 0 Å². The number of halogens is 1. The quantitative estimate of drug-likeness (QED) is 0.867. The summed E-state index contributed by atoms with van der Waals surface area (Å²) in [6.45, 7) is 10.1. The Morgan fingerprint density at radius 2 is 2.22 bits per heavy atom. The highest BCUT2D eigenvalue weighted by atomic mass is 19.1. The Hall–Kier alpha value is -2.76. The van der Waals surface area contributed by atoms with Crippen molar-refractivity contribution in [2.45, 2.75) is 6.92 Å². The molecule has 0 unspecified atom stereocenters. The van der Waals surface area contributed by atoms with Crippen LogP contribution < -0.4 is 10.6 Å². The molecule has 1 aliphatic heterocycles. The van der Waals surface area contributed by atoms with Crippen LogP contribution in [0.5, 0.6) is 0 Å². The lowest BCUT2D eigenvalue weighted by Gasteiger charge is -2.25. The van der Waals surface area contributed by atoms with E-state index in [1.54, 1.807) is 11.9 Å². The number of carbonyl (C=O) groups is 1. The first-order valence-electron chi connectivity index (χ1n) is 7.18. The summed E-state index contributed by atoms with van der Waals surface area (Å²) in [6.07, 6.45) is 1.53. The summed E-state index contributed by atoms with van der Waals surface area (Å²) in [6, 6.07) is 4.03. The van der Waals surface area contributed by atoms with Crippen LogP contribution in [0.2, 0.25) is 0 Å². The van der Waals surface area contributed by atoms with Gasteiger partial charge in [-0.25, -0.2) is 4.39 Å². The highest BCUT2D eigenvalue weighted by Gasteiger charge is 2.28. The summed E-state index contributed by atoms with van der Waals surface area (Å²) in [5.74, 6) is -0.453. The van der Waals surface area contributed by atoms with Crippen molar-refractivity contribution in [3.8, 4) is 0 Å². The predicted octanol–water partition coefficient (Wildman–Crippen LogP) is 2.58. The first-order chi connectivity index (χ1) is 10.9. The number of fused-ring (bicyclic) bond motifs is 1. The first kappa shape index (κ1) is 16.6. The Morgan fingerprint density at radius 3 is 2.83 bits per heavy atom. The molecule has 6 heteroatoms. The SMILES string of the molecule is C=CN1/C(=C(\N)C(=C)OCC)CN(C)C(=O)c2cc(F)ccc21. The molecular weight excluding hydrogens is 297 g/mol. The van der Waals surface area contributed by atoms with Gasteiger partial charge in [0.15, 0.2) is 0 Å². The molecule has 0 radical (unpaired) electrons. The standard InChI is InChI=1S/C17H20FN3O2/c1-5-21-14-8-7-12(18)9-13(14)17(22)20(4)10-15(21)16(19)11(3)23-6-2/h5,7-9H,1,3,6,10,19H2,2,4H3/b16-15-. The van der Waals surface area contributed by atoms with Gasteiger partial charge in [0.1, 0.15) is 11.6 Å². The molecule has 1 heterocycles. The minimum absolute atomic E-state index is 0.221. The van der Waals surface area contributed by atoms with E-state index < -0.39 is 5.82 Å². The molecule has 0 saturated carbocycles. The van der Waals surface area contributed by atoms with Crippen LogP contribution in [0.25, 0.3) is 0 Å². The van der Waals surface area contributed by atoms with Gasteiger partial charge in [0, 0.05) is 13.2 Å². The molecule has 5 nitrogen and oxygen atoms in total. The average Bonchev–Trinajstić information content (AvgIpc) is 2.63. The van der Waals surface area contributed by atoms with E-state index in [0.29, 0.717) is 29.4 Å². The molecule has 23 heavy (non-hydrogen) atoms. The van der Waals surface area contributed by atoms with E-state index in [1.807, 2.05) is 6.92 Å². The lowest BCUT2D eigenvalue weighted by Crippen LogP contribution is -2.31. The maximum Gasteiger partial charge on any atom is 0.256 e. The van der Waals surface area contributed by atoms with Gasteiger partial charge in [0.2, 0.25) is 0 Å². The normalized spacial score (nSPS) is 16.6. The van der Waals surface area contributed by atoms with Crippen LogP contribution in [0.4, 0.5) is 10.1 Å². The number of anilines is 1. The highest BCUT2D eigenvalue weighted by Crippen LogP contribution is 2.31. The molecule has 2 rings (SSSR count). The minimum atomic E-state index is -0.478. The van der Waals surface area contributed by atoms with Crippen LogP contribution in [0.15, 0.2) is 54.7 Å². The second kappa shape index (κ2) is 6.56. The summed E-state index contributed by atoms with van der Waals surface area (Å²) >= 11 is 0. The van der Waals surface area contributed by atoms with Crippen LogP contribution in [0.1, 0.15) is 17.3 Å². The Kier molecular flexibility index (Phi) is 4.74. The number of nitrogens with two attached hydrogens (primary N) is 1. The van der Waals surface area contributed by atoms with Crippen molar-refractivity contribution in [1.82, 2.24) is 4.90 Å². The number of likely N-dealkylation sites (N-methyl/N-ethyl adjacent to an activating group) is 1. The second-order valence-corrected chi connectivity index (χ2v) is 5.09. The number of carbonyl (C=O) groups excluding carboxylic acids is 1. The Bertz CT molecular complexity index is 697. The zero-order chi connectivity index (χ0) is 17.1. The van der Waals surface area contributed by atoms with Crippen molar-refractivity contribution in [2.75, 3.05) is 25.1 Å². The fourth-order valence-corrected chi connectivity index (χ4v) is 2.45. The predicted molar refractivity (Wildman–Crippen MR) is 88.0 cm³/mol. The monoisotopic (exact) mass is 317 g/mol. The molecule has 122 valence electrons. The van der Waals surface area contributed by atoms with Crippen LogP contribution in [-0.2, 0) is 4.74 Å². The summed E-state index contributed by atoms with van der Waals surface area (Å²) in [5, 5.41) is 0. The highest BCUT2D eigenvalue weighted by molar-refractivity contribution is 6.01. The number of hydrogen-bond acceptors (Lipinski definition) is 4. The van der Waals surface area contributed by atoms with Gasteiger partial charge in [-0.2, -0.15) is 0 Å². The van der Waals surface area contributed by atoms with E-state index in [-0.39, 0.29) is 18.0 Å². The van der Waals surface area contributed by atoms with Gasteiger partial charge in [-0.1, -0.05) is 13.2 Å². The van der Waals surface area contributed by atoms with Gasteiger partial charge < -0.3 is 20.3 Å². The number of hydrogen-bond donors (Lipinski definition) is 1. The molecule has 0 atom stereocenters. The third-order valence-corrected chi connectivity index (χ3v) is 3.59. The molecule has 0 bridgehead atoms. The molecule has 0 spiro atoms. The van der Waals surface area contributed by atoms with Crippen molar-refractivity contribution >= 4 is 11.6 Å². The number of amides is 1. The Morgan fingerprint density at radius 1 is 1.52 bits per heavy atom. The molecule has 0 aliphatic carbocycles. The molecule has 1 aromatic rings. The Balaban J connectivity index is 2.65. The lowest BCUT2D eigenvalue weighted by atomic mass is 10.1. The van der Waals surface area contributed by atoms with E-state index in [0.717, 1.165) is 0 Å². The molecule has 0 fully saturated rings. The number of rotatable bonds is 4. The lowest BCUT2D eigenvalue weighted by molar-refractivity contribution is 0.0810. The van der Waals surface area contributed by atoms with Crippen LogP contribution in [-0.4, -0.2) is 31.0 Å². The topological polar surface area (TPSA) is 58.8 Å². The molecule has 0 saturated heterocycles. The van der Waals surface area contributed by atoms with Crippen molar-refractivity contribution < 1.29 is 13.9 Å². The summed E-state index contributed by atoms with van der Waals surface area (Å²) in [7, 11) is 1.63. The zero-order valence-corrected chi connectivity index (χ0v) is 13.3. The minimum Gasteiger partial charge on any atom is -0.492 e. The number of benzene rings is 1. The fraction of sp³-hybridized carbons (Fsp3) is 0.235. The second-order valence-electron chi connectivity index (χ2n) is 5.09. The summed E-state index contributed by atoms with van der Waals surface area (Å²) < 4.78 is 18.9. The molecule has 0 aromatic heterocycles. The van der Waals surface area contributed by atoms with Gasteiger partial charge in [-0.15, -0.1) is 0 Å². The van der Waals surface area contributed by atoms with Crippen molar-refractivity contribution in [3.63, 3.8) is 0 Å². The number of ether oxygens (including phenoxy) is 1. The largest absolute Gasteiger partial charge is 0.492 e. The Labute approximate surface area is 135 Å². The maximum absolute atomic E-state index is 13.6. The van der Waals surface area contributed by atoms with Gasteiger partial charge >= 0.3 is 0 Å².